The van der Waals surface area contributed by atoms with E-state index in [-0.39, 0.29) is 6.42 Å². The summed E-state index contributed by atoms with van der Waals surface area (Å²) < 4.78 is 1.97. The van der Waals surface area contributed by atoms with Gasteiger partial charge in [0, 0.05) is 37.2 Å². The summed E-state index contributed by atoms with van der Waals surface area (Å²) in [7, 11) is 1.95. The topological polar surface area (TPSA) is 80.9 Å². The van der Waals surface area contributed by atoms with Crippen LogP contribution in [0.1, 0.15) is 25.7 Å². The zero-order valence-electron chi connectivity index (χ0n) is 11.9. The van der Waals surface area contributed by atoms with Gasteiger partial charge in [0.2, 0.25) is 0 Å². The Labute approximate surface area is 127 Å². The number of hydrogen-bond acceptors (Lipinski definition) is 5. The minimum atomic E-state index is -0.724. The second-order valence-corrected chi connectivity index (χ2v) is 5.72. The molecule has 2 heterocycles. The predicted molar refractivity (Wildman–Crippen MR) is 81.1 cm³/mol. The van der Waals surface area contributed by atoms with E-state index in [1.165, 1.54) is 0 Å². The molecule has 0 radical (unpaired) electrons. The standard InChI is InChI=1S/C14H18N4O2S/c1-18-13(11-6-8-15-9-7-11)16-17-14(18)21-10-4-2-3-5-12(19)20/h6-9H,2-5,10H2,1H3,(H,19,20). The Morgan fingerprint density at radius 2 is 2.00 bits per heavy atom. The van der Waals surface area contributed by atoms with E-state index in [1.807, 2.05) is 23.7 Å². The van der Waals surface area contributed by atoms with E-state index in [0.717, 1.165) is 41.6 Å². The van der Waals surface area contributed by atoms with Crippen LogP contribution in [0.5, 0.6) is 0 Å². The van der Waals surface area contributed by atoms with Crippen molar-refractivity contribution < 1.29 is 9.90 Å². The highest BCUT2D eigenvalue weighted by Crippen LogP contribution is 2.22. The maximum atomic E-state index is 10.4. The SMILES string of the molecule is Cn1c(SCCCCCC(=O)O)nnc1-c1ccncc1. The predicted octanol–water partition coefficient (Wildman–Crippen LogP) is 2.61. The van der Waals surface area contributed by atoms with Gasteiger partial charge in [-0.05, 0) is 25.0 Å². The first-order chi connectivity index (χ1) is 10.2. The van der Waals surface area contributed by atoms with E-state index < -0.39 is 5.97 Å². The monoisotopic (exact) mass is 306 g/mol. The second-order valence-electron chi connectivity index (χ2n) is 4.65. The van der Waals surface area contributed by atoms with Crippen LogP contribution < -0.4 is 0 Å². The molecule has 6 nitrogen and oxygen atoms in total. The molecule has 0 aromatic carbocycles. The van der Waals surface area contributed by atoms with Gasteiger partial charge >= 0.3 is 5.97 Å². The average molecular weight is 306 g/mol. The summed E-state index contributed by atoms with van der Waals surface area (Å²) in [6.45, 7) is 0. The Kier molecular flexibility index (Phi) is 5.74. The Morgan fingerprint density at radius 3 is 2.71 bits per heavy atom. The molecule has 0 fully saturated rings. The lowest BCUT2D eigenvalue weighted by molar-refractivity contribution is -0.137. The molecule has 21 heavy (non-hydrogen) atoms. The van der Waals surface area contributed by atoms with Gasteiger partial charge in [-0.1, -0.05) is 18.2 Å². The van der Waals surface area contributed by atoms with Crippen molar-refractivity contribution in [3.63, 3.8) is 0 Å². The fourth-order valence-electron chi connectivity index (χ4n) is 1.91. The molecule has 2 aromatic rings. The van der Waals surface area contributed by atoms with Crippen molar-refractivity contribution in [1.29, 1.82) is 0 Å². The number of pyridine rings is 1. The van der Waals surface area contributed by atoms with Gasteiger partial charge in [0.1, 0.15) is 0 Å². The summed E-state index contributed by atoms with van der Waals surface area (Å²) in [5, 5.41) is 17.8. The molecule has 0 spiro atoms. The van der Waals surface area contributed by atoms with Crippen molar-refractivity contribution in [1.82, 2.24) is 19.7 Å². The smallest absolute Gasteiger partial charge is 0.303 e. The van der Waals surface area contributed by atoms with Gasteiger partial charge in [-0.25, -0.2) is 0 Å². The van der Waals surface area contributed by atoms with Crippen LogP contribution >= 0.6 is 11.8 Å². The van der Waals surface area contributed by atoms with Crippen molar-refractivity contribution in [3.8, 4) is 11.4 Å². The van der Waals surface area contributed by atoms with E-state index in [9.17, 15) is 4.79 Å². The molecule has 0 saturated heterocycles. The molecule has 0 bridgehead atoms. The number of aromatic nitrogens is 4. The Morgan fingerprint density at radius 1 is 1.24 bits per heavy atom. The maximum Gasteiger partial charge on any atom is 0.303 e. The van der Waals surface area contributed by atoms with Gasteiger partial charge in [-0.2, -0.15) is 0 Å². The van der Waals surface area contributed by atoms with Crippen molar-refractivity contribution in [3.05, 3.63) is 24.5 Å². The minimum Gasteiger partial charge on any atom is -0.481 e. The van der Waals surface area contributed by atoms with Crippen molar-refractivity contribution in [2.24, 2.45) is 7.05 Å². The van der Waals surface area contributed by atoms with E-state index >= 15 is 0 Å². The maximum absolute atomic E-state index is 10.4. The number of hydrogen-bond donors (Lipinski definition) is 1. The molecule has 0 aliphatic heterocycles. The Hall–Kier alpha value is -1.89. The van der Waals surface area contributed by atoms with Crippen molar-refractivity contribution in [2.75, 3.05) is 5.75 Å². The van der Waals surface area contributed by atoms with Crippen LogP contribution in [0, 0.1) is 0 Å². The molecule has 0 amide bonds. The minimum absolute atomic E-state index is 0.251. The molecular weight excluding hydrogens is 288 g/mol. The van der Waals surface area contributed by atoms with E-state index in [2.05, 4.69) is 15.2 Å². The molecular formula is C14H18N4O2S. The lowest BCUT2D eigenvalue weighted by Crippen LogP contribution is -1.96. The first kappa shape index (κ1) is 15.5. The summed E-state index contributed by atoms with van der Waals surface area (Å²) in [4.78, 5) is 14.4. The highest BCUT2D eigenvalue weighted by molar-refractivity contribution is 7.99. The summed E-state index contributed by atoms with van der Waals surface area (Å²) in [6.07, 6.45) is 6.36. The molecule has 1 N–H and O–H groups in total. The third-order valence-corrected chi connectivity index (χ3v) is 4.15. The van der Waals surface area contributed by atoms with Gasteiger partial charge in [0.25, 0.3) is 0 Å². The normalized spacial score (nSPS) is 10.7. The van der Waals surface area contributed by atoms with Crippen LogP contribution in [0.2, 0.25) is 0 Å². The van der Waals surface area contributed by atoms with Gasteiger partial charge in [0.05, 0.1) is 0 Å². The highest BCUT2D eigenvalue weighted by Gasteiger charge is 2.10. The lowest BCUT2D eigenvalue weighted by Gasteiger charge is -2.03. The molecule has 7 heteroatoms. The summed E-state index contributed by atoms with van der Waals surface area (Å²) in [5.74, 6) is 1.02. The van der Waals surface area contributed by atoms with Crippen molar-refractivity contribution in [2.45, 2.75) is 30.8 Å². The van der Waals surface area contributed by atoms with Crippen LogP contribution in [0.15, 0.2) is 29.7 Å². The fraction of sp³-hybridized carbons (Fsp3) is 0.429. The molecule has 0 atom stereocenters. The number of aliphatic carboxylic acids is 1. The number of carboxylic acids is 1. The number of carbonyl (C=O) groups is 1. The van der Waals surface area contributed by atoms with E-state index in [4.69, 9.17) is 5.11 Å². The first-order valence-electron chi connectivity index (χ1n) is 6.83. The largest absolute Gasteiger partial charge is 0.481 e. The lowest BCUT2D eigenvalue weighted by atomic mass is 10.2. The summed E-state index contributed by atoms with van der Waals surface area (Å²) in [6, 6.07) is 3.81. The molecule has 0 aliphatic rings. The molecule has 0 aliphatic carbocycles. The zero-order chi connectivity index (χ0) is 15.1. The Bertz CT molecular complexity index is 586. The van der Waals surface area contributed by atoms with Gasteiger partial charge in [0.15, 0.2) is 11.0 Å². The van der Waals surface area contributed by atoms with Crippen LogP contribution in [-0.4, -0.2) is 36.6 Å². The molecule has 2 rings (SSSR count). The highest BCUT2D eigenvalue weighted by atomic mass is 32.2. The molecule has 112 valence electrons. The number of carboxylic acid groups (broad SMARTS) is 1. The quantitative estimate of drug-likeness (QED) is 0.596. The van der Waals surface area contributed by atoms with Crippen LogP contribution in [0.4, 0.5) is 0 Å². The summed E-state index contributed by atoms with van der Waals surface area (Å²) >= 11 is 1.65. The zero-order valence-corrected chi connectivity index (χ0v) is 12.7. The molecule has 0 saturated carbocycles. The number of thioether (sulfide) groups is 1. The number of nitrogens with zero attached hydrogens (tertiary/aromatic N) is 4. The summed E-state index contributed by atoms with van der Waals surface area (Å²) in [5.41, 5.74) is 0.994. The Balaban J connectivity index is 1.83. The molecule has 0 unspecified atom stereocenters. The van der Waals surface area contributed by atoms with Crippen LogP contribution in [0.25, 0.3) is 11.4 Å². The number of unbranched alkanes of at least 4 members (excludes halogenated alkanes) is 2. The third-order valence-electron chi connectivity index (χ3n) is 3.04. The van der Waals surface area contributed by atoms with Crippen molar-refractivity contribution >= 4 is 17.7 Å². The van der Waals surface area contributed by atoms with Gasteiger partial charge in [-0.3, -0.25) is 9.78 Å². The van der Waals surface area contributed by atoms with Gasteiger partial charge in [-0.15, -0.1) is 10.2 Å². The van der Waals surface area contributed by atoms with E-state index in [0.29, 0.717) is 0 Å². The average Bonchev–Trinajstić information content (AvgIpc) is 2.84. The van der Waals surface area contributed by atoms with Crippen LogP contribution in [-0.2, 0) is 11.8 Å². The third kappa shape index (κ3) is 4.56. The van der Waals surface area contributed by atoms with E-state index in [1.54, 1.807) is 24.2 Å². The number of rotatable bonds is 8. The van der Waals surface area contributed by atoms with Crippen LogP contribution in [0.3, 0.4) is 0 Å². The fourth-order valence-corrected chi connectivity index (χ4v) is 2.82. The second kappa shape index (κ2) is 7.78. The first-order valence-corrected chi connectivity index (χ1v) is 7.81. The van der Waals surface area contributed by atoms with Gasteiger partial charge < -0.3 is 9.67 Å². The molecule has 2 aromatic heterocycles.